The van der Waals surface area contributed by atoms with E-state index >= 15 is 0 Å². The molecule has 0 heterocycles. The molecule has 0 atom stereocenters. The number of aryl methyl sites for hydroxylation is 1. The summed E-state index contributed by atoms with van der Waals surface area (Å²) in [5.41, 5.74) is 4.53. The third-order valence-electron chi connectivity index (χ3n) is 2.29. The van der Waals surface area contributed by atoms with Gasteiger partial charge in [0.15, 0.2) is 0 Å². The van der Waals surface area contributed by atoms with E-state index in [1.807, 2.05) is 25.1 Å². The normalized spacial score (nSPS) is 11.2. The fourth-order valence-electron chi connectivity index (χ4n) is 1.44. The summed E-state index contributed by atoms with van der Waals surface area (Å²) in [6.45, 7) is 4.79. The number of benzene rings is 1. The van der Waals surface area contributed by atoms with Crippen LogP contribution in [0.25, 0.3) is 0 Å². The van der Waals surface area contributed by atoms with E-state index < -0.39 is 0 Å². The first-order valence-electron chi connectivity index (χ1n) is 5.64. The van der Waals surface area contributed by atoms with Gasteiger partial charge in [0, 0.05) is 12.2 Å². The van der Waals surface area contributed by atoms with Crippen LogP contribution in [0, 0.1) is 6.92 Å². The van der Waals surface area contributed by atoms with Gasteiger partial charge in [0.1, 0.15) is 5.75 Å². The number of hydrogen-bond acceptors (Lipinski definition) is 3. The zero-order chi connectivity index (χ0) is 12.7. The van der Waals surface area contributed by atoms with Gasteiger partial charge in [-0.15, -0.1) is 0 Å². The Morgan fingerprint density at radius 1 is 1.47 bits per heavy atom. The Bertz CT molecular complexity index is 390. The Morgan fingerprint density at radius 2 is 2.24 bits per heavy atom. The van der Waals surface area contributed by atoms with E-state index in [0.717, 1.165) is 30.0 Å². The maximum absolute atomic E-state index is 5.39. The number of ether oxygens (including phenoxy) is 1. The molecule has 0 fully saturated rings. The first-order chi connectivity index (χ1) is 8.21. The van der Waals surface area contributed by atoms with Gasteiger partial charge in [-0.1, -0.05) is 6.92 Å². The van der Waals surface area contributed by atoms with Crippen LogP contribution in [0.4, 0.5) is 5.69 Å². The predicted molar refractivity (Wildman–Crippen MR) is 71.3 cm³/mol. The quantitative estimate of drug-likeness (QED) is 0.322. The molecule has 0 aliphatic rings. The average Bonchev–Trinajstić information content (AvgIpc) is 2.34. The number of rotatable bonds is 4. The van der Waals surface area contributed by atoms with Crippen LogP contribution in [0.1, 0.15) is 18.9 Å². The van der Waals surface area contributed by atoms with Gasteiger partial charge in [0.25, 0.3) is 0 Å². The summed E-state index contributed by atoms with van der Waals surface area (Å²) in [7, 11) is 1.66. The van der Waals surface area contributed by atoms with Crippen molar-refractivity contribution in [2.45, 2.75) is 20.3 Å². The van der Waals surface area contributed by atoms with Crippen LogP contribution in [0.5, 0.6) is 5.75 Å². The third-order valence-corrected chi connectivity index (χ3v) is 2.29. The summed E-state index contributed by atoms with van der Waals surface area (Å²) in [6, 6.07) is 5.81. The standard InChI is InChI=1S/C12H20N4O/c1-4-7-14-12(16-13)15-10-5-6-11(17-3)9(2)8-10/h5-6,8H,4,7,13H2,1-3H3,(H2,14,15,16). The molecule has 0 saturated heterocycles. The number of aliphatic imine (C=N–C) groups is 1. The lowest BCUT2D eigenvalue weighted by molar-refractivity contribution is 0.412. The molecule has 0 bridgehead atoms. The third kappa shape index (κ3) is 3.96. The zero-order valence-electron chi connectivity index (χ0n) is 10.6. The molecule has 0 aromatic heterocycles. The van der Waals surface area contributed by atoms with Crippen LogP contribution in [0.2, 0.25) is 0 Å². The highest BCUT2D eigenvalue weighted by molar-refractivity contribution is 5.93. The highest BCUT2D eigenvalue weighted by Crippen LogP contribution is 2.21. The van der Waals surface area contributed by atoms with Crippen molar-refractivity contribution >= 4 is 11.6 Å². The van der Waals surface area contributed by atoms with E-state index in [1.165, 1.54) is 0 Å². The van der Waals surface area contributed by atoms with E-state index in [2.05, 4.69) is 22.7 Å². The summed E-state index contributed by atoms with van der Waals surface area (Å²) in [5, 5.41) is 3.11. The van der Waals surface area contributed by atoms with E-state index in [9.17, 15) is 0 Å². The van der Waals surface area contributed by atoms with Gasteiger partial charge in [-0.2, -0.15) is 0 Å². The zero-order valence-corrected chi connectivity index (χ0v) is 10.6. The molecular formula is C12H20N4O. The molecule has 1 rings (SSSR count). The maximum Gasteiger partial charge on any atom is 0.210 e. The molecule has 5 heteroatoms. The molecule has 4 N–H and O–H groups in total. The Balaban J connectivity index is 2.76. The number of hydrazine groups is 1. The Labute approximate surface area is 102 Å². The molecule has 0 aliphatic carbocycles. The van der Waals surface area contributed by atoms with Crippen molar-refractivity contribution in [3.05, 3.63) is 23.8 Å². The van der Waals surface area contributed by atoms with Crippen molar-refractivity contribution in [1.82, 2.24) is 5.43 Å². The summed E-state index contributed by atoms with van der Waals surface area (Å²) in [5.74, 6) is 6.82. The summed E-state index contributed by atoms with van der Waals surface area (Å²) < 4.78 is 5.20. The van der Waals surface area contributed by atoms with Crippen molar-refractivity contribution in [2.24, 2.45) is 10.8 Å². The second-order valence-corrected chi connectivity index (χ2v) is 3.68. The van der Waals surface area contributed by atoms with Crippen molar-refractivity contribution in [1.29, 1.82) is 0 Å². The smallest absolute Gasteiger partial charge is 0.210 e. The van der Waals surface area contributed by atoms with Crippen LogP contribution in [-0.2, 0) is 0 Å². The summed E-state index contributed by atoms with van der Waals surface area (Å²) in [6.07, 6.45) is 0.981. The molecule has 1 aromatic carbocycles. The molecule has 0 unspecified atom stereocenters. The Kier molecular flexibility index (Phi) is 5.29. The average molecular weight is 236 g/mol. The Hall–Kier alpha value is -1.75. The number of nitrogens with one attached hydrogen (secondary N) is 2. The lowest BCUT2D eigenvalue weighted by Crippen LogP contribution is -2.36. The molecule has 0 aliphatic heterocycles. The highest BCUT2D eigenvalue weighted by atomic mass is 16.5. The van der Waals surface area contributed by atoms with E-state index in [-0.39, 0.29) is 0 Å². The number of hydrogen-bond donors (Lipinski definition) is 3. The van der Waals surface area contributed by atoms with Gasteiger partial charge in [0.2, 0.25) is 5.96 Å². The number of methoxy groups -OCH3 is 1. The minimum Gasteiger partial charge on any atom is -0.496 e. The maximum atomic E-state index is 5.39. The van der Waals surface area contributed by atoms with Crippen LogP contribution < -0.4 is 21.3 Å². The first kappa shape index (κ1) is 13.3. The molecule has 0 saturated carbocycles. The summed E-state index contributed by atoms with van der Waals surface area (Å²) >= 11 is 0. The topological polar surface area (TPSA) is 71.7 Å². The molecule has 0 radical (unpaired) electrons. The fraction of sp³-hybridized carbons (Fsp3) is 0.417. The monoisotopic (exact) mass is 236 g/mol. The lowest BCUT2D eigenvalue weighted by Gasteiger charge is -2.11. The van der Waals surface area contributed by atoms with Gasteiger partial charge in [0.05, 0.1) is 7.11 Å². The molecule has 94 valence electrons. The first-order valence-corrected chi connectivity index (χ1v) is 5.64. The van der Waals surface area contributed by atoms with Crippen LogP contribution in [-0.4, -0.2) is 19.6 Å². The highest BCUT2D eigenvalue weighted by Gasteiger charge is 2.01. The SMILES string of the molecule is CCCN=C(NN)Nc1ccc(OC)c(C)c1. The van der Waals surface area contributed by atoms with Crippen LogP contribution >= 0.6 is 0 Å². The largest absolute Gasteiger partial charge is 0.496 e. The summed E-state index contributed by atoms with van der Waals surface area (Å²) in [4.78, 5) is 4.27. The predicted octanol–water partition coefficient (Wildman–Crippen LogP) is 1.64. The van der Waals surface area contributed by atoms with E-state index in [1.54, 1.807) is 7.11 Å². The van der Waals surface area contributed by atoms with Crippen molar-refractivity contribution in [3.8, 4) is 5.75 Å². The van der Waals surface area contributed by atoms with Crippen LogP contribution in [0.15, 0.2) is 23.2 Å². The van der Waals surface area contributed by atoms with Gasteiger partial charge < -0.3 is 10.1 Å². The minimum absolute atomic E-state index is 0.566. The van der Waals surface area contributed by atoms with Crippen LogP contribution in [0.3, 0.4) is 0 Å². The number of nitrogens with two attached hydrogens (primary N) is 1. The number of guanidine groups is 1. The lowest BCUT2D eigenvalue weighted by atomic mass is 10.2. The van der Waals surface area contributed by atoms with E-state index in [4.69, 9.17) is 10.6 Å². The number of anilines is 1. The molecule has 0 amide bonds. The molecule has 5 nitrogen and oxygen atoms in total. The van der Waals surface area contributed by atoms with Gasteiger partial charge in [-0.25, -0.2) is 5.84 Å². The number of nitrogens with zero attached hydrogens (tertiary/aromatic N) is 1. The molecule has 1 aromatic rings. The van der Waals surface area contributed by atoms with E-state index in [0.29, 0.717) is 5.96 Å². The van der Waals surface area contributed by atoms with Gasteiger partial charge in [-0.05, 0) is 37.1 Å². The van der Waals surface area contributed by atoms with Crippen molar-refractivity contribution in [3.63, 3.8) is 0 Å². The van der Waals surface area contributed by atoms with Crippen molar-refractivity contribution in [2.75, 3.05) is 19.0 Å². The second kappa shape index (κ2) is 6.75. The molecular weight excluding hydrogens is 216 g/mol. The minimum atomic E-state index is 0.566. The van der Waals surface area contributed by atoms with Gasteiger partial charge >= 0.3 is 0 Å². The fourth-order valence-corrected chi connectivity index (χ4v) is 1.44. The second-order valence-electron chi connectivity index (χ2n) is 3.68. The van der Waals surface area contributed by atoms with Crippen molar-refractivity contribution < 1.29 is 4.74 Å². The molecule has 17 heavy (non-hydrogen) atoms. The van der Waals surface area contributed by atoms with Gasteiger partial charge in [-0.3, -0.25) is 10.4 Å². The Morgan fingerprint density at radius 3 is 2.76 bits per heavy atom. The molecule has 0 spiro atoms.